The number of nitrogens with zero attached hydrogens (tertiary/aromatic N) is 4. The first-order chi connectivity index (χ1) is 34.2. The summed E-state index contributed by atoms with van der Waals surface area (Å²) in [6.45, 7) is 4.84. The minimum absolute atomic E-state index is 0.107. The van der Waals surface area contributed by atoms with Crippen LogP contribution < -0.4 is 9.80 Å². The van der Waals surface area contributed by atoms with E-state index < -0.39 is 5.92 Å². The highest BCUT2D eigenvalue weighted by atomic mass is 19.3. The number of anilines is 4. The number of hydrogen-bond acceptors (Lipinski definition) is 3. The van der Waals surface area contributed by atoms with Gasteiger partial charge in [-0.15, -0.1) is 0 Å². The van der Waals surface area contributed by atoms with Crippen LogP contribution in [0.1, 0.15) is 36.1 Å². The molecule has 1 aliphatic rings. The maximum absolute atomic E-state index is 18.4. The molecule has 0 fully saturated rings. The van der Waals surface area contributed by atoms with Gasteiger partial charge in [-0.2, -0.15) is 8.78 Å². The Morgan fingerprint density at radius 3 is 1.66 bits per heavy atom. The van der Waals surface area contributed by atoms with E-state index in [9.17, 15) is 0 Å². The Hall–Kier alpha value is -8.61. The molecular formula is C64H48F2N4. The van der Waals surface area contributed by atoms with Crippen molar-refractivity contribution in [1.82, 2.24) is 9.55 Å². The molecule has 9 aromatic carbocycles. The monoisotopic (exact) mass is 910 g/mol. The van der Waals surface area contributed by atoms with E-state index in [0.29, 0.717) is 29.3 Å². The Labute approximate surface area is 407 Å². The van der Waals surface area contributed by atoms with Gasteiger partial charge in [0.25, 0.3) is 5.92 Å². The minimum atomic E-state index is -3.45. The fourth-order valence-corrected chi connectivity index (χ4v) is 10.5. The van der Waals surface area contributed by atoms with E-state index in [4.69, 9.17) is 4.98 Å². The second-order valence-electron chi connectivity index (χ2n) is 18.6. The Kier molecular flexibility index (Phi) is 10.5. The number of para-hydroxylation sites is 4. The number of hydrogen-bond donors (Lipinski definition) is 0. The molecule has 0 radical (unpaired) electrons. The van der Waals surface area contributed by atoms with E-state index in [1.165, 1.54) is 5.56 Å². The van der Waals surface area contributed by atoms with Crippen molar-refractivity contribution in [3.63, 3.8) is 0 Å². The predicted molar refractivity (Wildman–Crippen MR) is 285 cm³/mol. The molecule has 0 N–H and O–H groups in total. The molecule has 0 amide bonds. The summed E-state index contributed by atoms with van der Waals surface area (Å²) in [5, 5.41) is 1.84. The highest BCUT2D eigenvalue weighted by Crippen LogP contribution is 2.50. The van der Waals surface area contributed by atoms with Crippen molar-refractivity contribution in [1.29, 1.82) is 0 Å². The standard InChI is InChI=1S/C64H48F2N4/c1-63(2,47-24-11-5-12-25-47)48-36-37-67-61(42-48)70-57-31-16-15-28-55(57)56-35-34-49(41-60(56)70)64(65,66)50-38-46(62-53(44-20-7-3-8-21-44)29-19-30-54(62)45-22-9-4-10-23-45)39-52(40-50)69-43-68(51-26-13-6-14-27-51)58-32-17-18-33-59(58)69/h3-42H,43H2,1-2H3. The van der Waals surface area contributed by atoms with Crippen molar-refractivity contribution in [3.05, 3.63) is 265 Å². The van der Waals surface area contributed by atoms with Crippen molar-refractivity contribution >= 4 is 44.6 Å². The summed E-state index contributed by atoms with van der Waals surface area (Å²) in [6, 6.07) is 78.4. The summed E-state index contributed by atoms with van der Waals surface area (Å²) in [5.74, 6) is -2.78. The second kappa shape index (κ2) is 17.2. The third-order valence-electron chi connectivity index (χ3n) is 14.2. The number of pyridine rings is 1. The summed E-state index contributed by atoms with van der Waals surface area (Å²) in [5.41, 5.74) is 12.3. The van der Waals surface area contributed by atoms with Crippen LogP contribution in [0.4, 0.5) is 31.5 Å². The van der Waals surface area contributed by atoms with E-state index in [-0.39, 0.29) is 16.5 Å². The topological polar surface area (TPSA) is 24.3 Å². The molecule has 12 rings (SSSR count). The number of fused-ring (bicyclic) bond motifs is 4. The third kappa shape index (κ3) is 7.31. The summed E-state index contributed by atoms with van der Waals surface area (Å²) in [4.78, 5) is 9.32. The first-order valence-corrected chi connectivity index (χ1v) is 23.8. The smallest absolute Gasteiger partial charge is 0.298 e. The second-order valence-corrected chi connectivity index (χ2v) is 18.6. The van der Waals surface area contributed by atoms with Crippen molar-refractivity contribution in [2.45, 2.75) is 25.2 Å². The minimum Gasteiger partial charge on any atom is -0.321 e. The summed E-state index contributed by atoms with van der Waals surface area (Å²) in [6.07, 6.45) is 1.83. The molecule has 0 saturated carbocycles. The average Bonchev–Trinajstić information content (AvgIpc) is 3.98. The fourth-order valence-electron chi connectivity index (χ4n) is 10.5. The third-order valence-corrected chi connectivity index (χ3v) is 14.2. The molecule has 0 aliphatic carbocycles. The van der Waals surface area contributed by atoms with Gasteiger partial charge in [0.05, 0.1) is 22.4 Å². The summed E-state index contributed by atoms with van der Waals surface area (Å²) < 4.78 is 38.9. The van der Waals surface area contributed by atoms with Gasteiger partial charge in [-0.1, -0.05) is 184 Å². The molecule has 0 spiro atoms. The van der Waals surface area contributed by atoms with E-state index >= 15 is 8.78 Å². The highest BCUT2D eigenvalue weighted by Gasteiger charge is 2.38. The van der Waals surface area contributed by atoms with Crippen molar-refractivity contribution in [3.8, 4) is 39.2 Å². The SMILES string of the molecule is CC(C)(c1ccccc1)c1ccnc(-n2c3ccccc3c3ccc(C(F)(F)c4cc(-c5c(-c6ccccc6)cccc5-c5ccccc5)cc(N5CN(c6ccccc6)c6ccccc65)c4)cc32)c1. The number of rotatable bonds is 10. The summed E-state index contributed by atoms with van der Waals surface area (Å²) >= 11 is 0. The predicted octanol–water partition coefficient (Wildman–Crippen LogP) is 16.9. The fraction of sp³-hybridized carbons (Fsp3) is 0.0781. The molecular weight excluding hydrogens is 863 g/mol. The molecule has 1 aliphatic heterocycles. The molecule has 0 saturated heterocycles. The molecule has 0 unspecified atom stereocenters. The zero-order chi connectivity index (χ0) is 47.4. The van der Waals surface area contributed by atoms with Gasteiger partial charge in [0.15, 0.2) is 0 Å². The van der Waals surface area contributed by atoms with Gasteiger partial charge in [0.1, 0.15) is 12.5 Å². The molecule has 6 heteroatoms. The molecule has 2 aromatic heterocycles. The molecule has 3 heterocycles. The van der Waals surface area contributed by atoms with Crippen LogP contribution >= 0.6 is 0 Å². The maximum atomic E-state index is 18.4. The lowest BCUT2D eigenvalue weighted by Crippen LogP contribution is -2.24. The largest absolute Gasteiger partial charge is 0.321 e. The number of alkyl halides is 2. The maximum Gasteiger partial charge on any atom is 0.298 e. The van der Waals surface area contributed by atoms with Crippen molar-refractivity contribution in [2.24, 2.45) is 0 Å². The molecule has 11 aromatic rings. The van der Waals surface area contributed by atoms with Crippen LogP contribution in [-0.2, 0) is 11.3 Å². The highest BCUT2D eigenvalue weighted by molar-refractivity contribution is 6.09. The van der Waals surface area contributed by atoms with Crippen LogP contribution in [-0.4, -0.2) is 16.2 Å². The van der Waals surface area contributed by atoms with Crippen LogP contribution in [0.2, 0.25) is 0 Å². The van der Waals surface area contributed by atoms with Gasteiger partial charge in [-0.25, -0.2) is 4.98 Å². The Balaban J connectivity index is 1.07. The van der Waals surface area contributed by atoms with Gasteiger partial charge in [0, 0.05) is 44.9 Å². The molecule has 0 atom stereocenters. The Morgan fingerprint density at radius 1 is 0.414 bits per heavy atom. The van der Waals surface area contributed by atoms with E-state index in [1.54, 1.807) is 24.3 Å². The van der Waals surface area contributed by atoms with Crippen LogP contribution in [0.3, 0.4) is 0 Å². The van der Waals surface area contributed by atoms with Gasteiger partial charge in [-0.05, 0) is 111 Å². The van der Waals surface area contributed by atoms with E-state index in [0.717, 1.165) is 66.7 Å². The van der Waals surface area contributed by atoms with Crippen LogP contribution in [0.15, 0.2) is 243 Å². The van der Waals surface area contributed by atoms with Crippen LogP contribution in [0, 0.1) is 0 Å². The Morgan fingerprint density at radius 2 is 0.986 bits per heavy atom. The Bertz CT molecular complexity index is 3640. The van der Waals surface area contributed by atoms with Crippen LogP contribution in [0.25, 0.3) is 61.0 Å². The average molecular weight is 911 g/mol. The first-order valence-electron chi connectivity index (χ1n) is 23.8. The lowest BCUT2D eigenvalue weighted by molar-refractivity contribution is 0.0430. The zero-order valence-corrected chi connectivity index (χ0v) is 38.8. The van der Waals surface area contributed by atoms with Crippen molar-refractivity contribution in [2.75, 3.05) is 16.5 Å². The normalized spacial score (nSPS) is 12.7. The molecule has 338 valence electrons. The van der Waals surface area contributed by atoms with Gasteiger partial charge >= 0.3 is 0 Å². The number of aromatic nitrogens is 2. The summed E-state index contributed by atoms with van der Waals surface area (Å²) in [7, 11) is 0. The van der Waals surface area contributed by atoms with Gasteiger partial charge in [-0.3, -0.25) is 4.57 Å². The lowest BCUT2D eigenvalue weighted by atomic mass is 9.78. The van der Waals surface area contributed by atoms with E-state index in [1.807, 2.05) is 114 Å². The number of benzene rings is 9. The molecule has 70 heavy (non-hydrogen) atoms. The zero-order valence-electron chi connectivity index (χ0n) is 38.8. The molecule has 0 bridgehead atoms. The molecule has 4 nitrogen and oxygen atoms in total. The quantitative estimate of drug-likeness (QED) is 0.137. The first kappa shape index (κ1) is 42.7. The van der Waals surface area contributed by atoms with Gasteiger partial charge < -0.3 is 9.80 Å². The van der Waals surface area contributed by atoms with Crippen LogP contribution in [0.5, 0.6) is 0 Å². The van der Waals surface area contributed by atoms with Crippen molar-refractivity contribution < 1.29 is 8.78 Å². The number of halogens is 2. The van der Waals surface area contributed by atoms with Gasteiger partial charge in [0.2, 0.25) is 0 Å². The van der Waals surface area contributed by atoms with E-state index in [2.05, 4.69) is 133 Å². The lowest BCUT2D eigenvalue weighted by Gasteiger charge is -2.27.